The quantitative estimate of drug-likeness (QED) is 0.818. The van der Waals surface area contributed by atoms with Crippen molar-refractivity contribution in [3.8, 4) is 5.75 Å². The molecule has 0 radical (unpaired) electrons. The van der Waals surface area contributed by atoms with Crippen LogP contribution in [-0.2, 0) is 9.53 Å². The fraction of sp³-hybridized carbons (Fsp3) is 0.200. The van der Waals surface area contributed by atoms with Crippen LogP contribution in [-0.4, -0.2) is 29.3 Å². The van der Waals surface area contributed by atoms with E-state index in [1.807, 2.05) is 0 Å². The van der Waals surface area contributed by atoms with E-state index in [1.165, 1.54) is 31.3 Å². The first-order valence-electron chi connectivity index (χ1n) is 6.75. The van der Waals surface area contributed by atoms with Crippen LogP contribution in [0.15, 0.2) is 42.6 Å². The highest BCUT2D eigenvalue weighted by Crippen LogP contribution is 2.24. The van der Waals surface area contributed by atoms with Gasteiger partial charge in [-0.05, 0) is 43.3 Å². The van der Waals surface area contributed by atoms with Gasteiger partial charge in [-0.1, -0.05) is 0 Å². The van der Waals surface area contributed by atoms with Gasteiger partial charge in [0, 0.05) is 11.9 Å². The van der Waals surface area contributed by atoms with Crippen molar-refractivity contribution in [3.63, 3.8) is 0 Å². The van der Waals surface area contributed by atoms with E-state index >= 15 is 0 Å². The van der Waals surface area contributed by atoms with Gasteiger partial charge in [0.2, 0.25) is 0 Å². The Labute approximate surface area is 134 Å². The van der Waals surface area contributed by atoms with Crippen molar-refractivity contribution >= 4 is 17.6 Å². The predicted molar refractivity (Wildman–Crippen MR) is 77.4 cm³/mol. The number of H-pyrrole nitrogens is 1. The van der Waals surface area contributed by atoms with E-state index in [2.05, 4.69) is 15.0 Å². The SMILES string of the molecule is C[C@@H](OC(=O)c1ccc[nH]1)C(=O)Nc1ccc(OC(F)(F)F)cc1. The molecular weight excluding hydrogens is 329 g/mol. The Kier molecular flexibility index (Phi) is 5.12. The van der Waals surface area contributed by atoms with Gasteiger partial charge < -0.3 is 19.8 Å². The number of nitrogens with one attached hydrogen (secondary N) is 2. The first kappa shape index (κ1) is 17.4. The first-order valence-corrected chi connectivity index (χ1v) is 6.75. The Balaban J connectivity index is 1.90. The molecule has 0 saturated carbocycles. The fourth-order valence-corrected chi connectivity index (χ4v) is 1.72. The van der Waals surface area contributed by atoms with Crippen LogP contribution >= 0.6 is 0 Å². The number of ether oxygens (including phenoxy) is 2. The molecule has 1 amide bonds. The van der Waals surface area contributed by atoms with Crippen molar-refractivity contribution in [1.29, 1.82) is 0 Å². The van der Waals surface area contributed by atoms with Gasteiger partial charge in [0.1, 0.15) is 11.4 Å². The van der Waals surface area contributed by atoms with Gasteiger partial charge in [-0.15, -0.1) is 13.2 Å². The van der Waals surface area contributed by atoms with Crippen molar-refractivity contribution < 1.29 is 32.2 Å². The fourth-order valence-electron chi connectivity index (χ4n) is 1.72. The number of aromatic amines is 1. The molecule has 9 heteroatoms. The topological polar surface area (TPSA) is 80.4 Å². The van der Waals surface area contributed by atoms with Crippen LogP contribution in [0.2, 0.25) is 0 Å². The molecular formula is C15H13F3N2O4. The lowest BCUT2D eigenvalue weighted by molar-refractivity contribution is -0.274. The molecule has 128 valence electrons. The number of anilines is 1. The smallest absolute Gasteiger partial charge is 0.448 e. The van der Waals surface area contributed by atoms with Crippen molar-refractivity contribution in [2.75, 3.05) is 5.32 Å². The molecule has 0 unspecified atom stereocenters. The molecule has 1 aromatic carbocycles. The van der Waals surface area contributed by atoms with E-state index in [4.69, 9.17) is 4.74 Å². The Morgan fingerprint density at radius 1 is 1.17 bits per heavy atom. The molecule has 2 aromatic rings. The summed E-state index contributed by atoms with van der Waals surface area (Å²) in [5.74, 6) is -1.73. The van der Waals surface area contributed by atoms with Crippen molar-refractivity contribution in [2.24, 2.45) is 0 Å². The number of amides is 1. The van der Waals surface area contributed by atoms with Crippen LogP contribution in [0.1, 0.15) is 17.4 Å². The number of hydrogen-bond donors (Lipinski definition) is 2. The minimum Gasteiger partial charge on any atom is -0.448 e. The number of carbonyl (C=O) groups excluding carboxylic acids is 2. The number of halogens is 3. The molecule has 6 nitrogen and oxygen atoms in total. The highest BCUT2D eigenvalue weighted by molar-refractivity contribution is 5.96. The van der Waals surface area contributed by atoms with E-state index in [9.17, 15) is 22.8 Å². The molecule has 0 bridgehead atoms. The zero-order valence-corrected chi connectivity index (χ0v) is 12.4. The third-order valence-electron chi connectivity index (χ3n) is 2.83. The number of rotatable bonds is 5. The molecule has 0 aliphatic heterocycles. The zero-order chi connectivity index (χ0) is 17.7. The minimum absolute atomic E-state index is 0.198. The molecule has 2 rings (SSSR count). The van der Waals surface area contributed by atoms with E-state index in [1.54, 1.807) is 6.07 Å². The lowest BCUT2D eigenvalue weighted by Crippen LogP contribution is -2.30. The van der Waals surface area contributed by atoms with Gasteiger partial charge in [-0.25, -0.2) is 4.79 Å². The van der Waals surface area contributed by atoms with E-state index in [0.29, 0.717) is 0 Å². The largest absolute Gasteiger partial charge is 0.573 e. The molecule has 24 heavy (non-hydrogen) atoms. The van der Waals surface area contributed by atoms with Gasteiger partial charge in [0.15, 0.2) is 6.10 Å². The Morgan fingerprint density at radius 3 is 2.38 bits per heavy atom. The maximum atomic E-state index is 12.1. The lowest BCUT2D eigenvalue weighted by atomic mass is 10.3. The van der Waals surface area contributed by atoms with Gasteiger partial charge >= 0.3 is 12.3 Å². The van der Waals surface area contributed by atoms with E-state index in [0.717, 1.165) is 12.1 Å². The molecule has 1 atom stereocenters. The summed E-state index contributed by atoms with van der Waals surface area (Å²) in [5, 5.41) is 2.42. The minimum atomic E-state index is -4.79. The second-order valence-electron chi connectivity index (χ2n) is 4.69. The van der Waals surface area contributed by atoms with Crippen LogP contribution in [0.3, 0.4) is 0 Å². The maximum absolute atomic E-state index is 12.1. The average molecular weight is 342 g/mol. The number of benzene rings is 1. The molecule has 0 fully saturated rings. The average Bonchev–Trinajstić information content (AvgIpc) is 3.02. The zero-order valence-electron chi connectivity index (χ0n) is 12.4. The number of aromatic nitrogens is 1. The van der Waals surface area contributed by atoms with Crippen molar-refractivity contribution in [1.82, 2.24) is 4.98 Å². The van der Waals surface area contributed by atoms with Crippen LogP contribution in [0, 0.1) is 0 Å². The van der Waals surface area contributed by atoms with Crippen molar-refractivity contribution in [3.05, 3.63) is 48.3 Å². The van der Waals surface area contributed by atoms with Crippen LogP contribution in [0.5, 0.6) is 5.75 Å². The van der Waals surface area contributed by atoms with Gasteiger partial charge in [-0.3, -0.25) is 4.79 Å². The van der Waals surface area contributed by atoms with Crippen LogP contribution < -0.4 is 10.1 Å². The summed E-state index contributed by atoms with van der Waals surface area (Å²) >= 11 is 0. The van der Waals surface area contributed by atoms with Gasteiger partial charge in [-0.2, -0.15) is 0 Å². The summed E-state index contributed by atoms with van der Waals surface area (Å²) in [7, 11) is 0. The monoisotopic (exact) mass is 342 g/mol. The standard InChI is InChI=1S/C15H13F3N2O4/c1-9(23-14(22)12-3-2-8-19-12)13(21)20-10-4-6-11(7-5-10)24-15(16,17)18/h2-9,19H,1H3,(H,20,21)/t9-/m1/s1. The maximum Gasteiger partial charge on any atom is 0.573 e. The normalized spacial score (nSPS) is 12.3. The Morgan fingerprint density at radius 2 is 1.83 bits per heavy atom. The van der Waals surface area contributed by atoms with E-state index in [-0.39, 0.29) is 11.4 Å². The van der Waals surface area contributed by atoms with Gasteiger partial charge in [0.25, 0.3) is 5.91 Å². The summed E-state index contributed by atoms with van der Waals surface area (Å²) < 4.78 is 44.8. The summed E-state index contributed by atoms with van der Waals surface area (Å²) in [6.07, 6.45) is -4.34. The molecule has 2 N–H and O–H groups in total. The Hall–Kier alpha value is -2.97. The predicted octanol–water partition coefficient (Wildman–Crippen LogP) is 3.10. The highest BCUT2D eigenvalue weighted by atomic mass is 19.4. The molecule has 0 aliphatic rings. The highest BCUT2D eigenvalue weighted by Gasteiger charge is 2.31. The van der Waals surface area contributed by atoms with Crippen LogP contribution in [0.25, 0.3) is 0 Å². The van der Waals surface area contributed by atoms with E-state index < -0.39 is 30.1 Å². The van der Waals surface area contributed by atoms with Crippen molar-refractivity contribution in [2.45, 2.75) is 19.4 Å². The number of carbonyl (C=O) groups is 2. The summed E-state index contributed by atoms with van der Waals surface area (Å²) in [6.45, 7) is 1.37. The molecule has 1 aromatic heterocycles. The number of alkyl halides is 3. The first-order chi connectivity index (χ1) is 11.2. The lowest BCUT2D eigenvalue weighted by Gasteiger charge is -2.13. The third-order valence-corrected chi connectivity index (χ3v) is 2.83. The molecule has 0 saturated heterocycles. The molecule has 0 aliphatic carbocycles. The summed E-state index contributed by atoms with van der Waals surface area (Å²) in [5.41, 5.74) is 0.431. The molecule has 0 spiro atoms. The number of esters is 1. The third kappa shape index (κ3) is 5.04. The Bertz CT molecular complexity index is 697. The van der Waals surface area contributed by atoms with Gasteiger partial charge in [0.05, 0.1) is 0 Å². The second kappa shape index (κ2) is 7.07. The summed E-state index contributed by atoms with van der Waals surface area (Å²) in [4.78, 5) is 26.3. The summed E-state index contributed by atoms with van der Waals surface area (Å²) in [6, 6.07) is 7.67. The van der Waals surface area contributed by atoms with Crippen LogP contribution in [0.4, 0.5) is 18.9 Å². The second-order valence-corrected chi connectivity index (χ2v) is 4.69. The molecule has 1 heterocycles. The number of hydrogen-bond acceptors (Lipinski definition) is 4.